The Bertz CT molecular complexity index is 335. The summed E-state index contributed by atoms with van der Waals surface area (Å²) < 4.78 is 5.51. The molecule has 3 atom stereocenters. The van der Waals surface area contributed by atoms with Gasteiger partial charge in [0.25, 0.3) is 0 Å². The Morgan fingerprint density at radius 2 is 2.14 bits per heavy atom. The van der Waals surface area contributed by atoms with Crippen molar-refractivity contribution in [3.8, 4) is 0 Å². The first-order valence-electron chi connectivity index (χ1n) is 5.34. The van der Waals surface area contributed by atoms with E-state index in [1.165, 1.54) is 0 Å². The van der Waals surface area contributed by atoms with E-state index >= 15 is 0 Å². The fraction of sp³-hybridized carbons (Fsp3) is 0.818. The van der Waals surface area contributed by atoms with Crippen LogP contribution in [0.2, 0.25) is 0 Å². The first kappa shape index (κ1) is 8.45. The van der Waals surface area contributed by atoms with Crippen molar-refractivity contribution < 1.29 is 14.3 Å². The average Bonchev–Trinajstić information content (AvgIpc) is 2.66. The zero-order valence-corrected chi connectivity index (χ0v) is 8.34. The Hall–Kier alpha value is -0.860. The second-order valence-electron chi connectivity index (χ2n) is 5.06. The lowest BCUT2D eigenvalue weighted by atomic mass is 9.75. The molecule has 0 unspecified atom stereocenters. The van der Waals surface area contributed by atoms with E-state index in [2.05, 4.69) is 0 Å². The monoisotopic (exact) mass is 194 g/mol. The highest BCUT2D eigenvalue weighted by Gasteiger charge is 2.69. The van der Waals surface area contributed by atoms with Gasteiger partial charge in [0, 0.05) is 12.3 Å². The summed E-state index contributed by atoms with van der Waals surface area (Å²) in [5, 5.41) is 0. The fourth-order valence-corrected chi connectivity index (χ4v) is 3.75. The Labute approximate surface area is 82.8 Å². The largest absolute Gasteiger partial charge is 0.458 e. The van der Waals surface area contributed by atoms with Crippen LogP contribution in [0.25, 0.3) is 0 Å². The average molecular weight is 194 g/mol. The molecule has 3 aliphatic rings. The van der Waals surface area contributed by atoms with Crippen LogP contribution in [0.3, 0.4) is 0 Å². The quantitative estimate of drug-likeness (QED) is 0.548. The van der Waals surface area contributed by atoms with Gasteiger partial charge in [0.1, 0.15) is 11.4 Å². The molecule has 1 spiro atoms. The predicted octanol–water partition coefficient (Wildman–Crippen LogP) is 1.45. The van der Waals surface area contributed by atoms with Crippen molar-refractivity contribution in [2.24, 2.45) is 11.3 Å². The van der Waals surface area contributed by atoms with Crippen LogP contribution in [-0.2, 0) is 14.3 Å². The second-order valence-corrected chi connectivity index (χ2v) is 5.06. The number of rotatable bonds is 0. The van der Waals surface area contributed by atoms with Gasteiger partial charge in [0.05, 0.1) is 11.8 Å². The molecule has 0 radical (unpaired) electrons. The van der Waals surface area contributed by atoms with E-state index in [1.807, 2.05) is 6.92 Å². The second kappa shape index (κ2) is 2.20. The van der Waals surface area contributed by atoms with Gasteiger partial charge in [-0.3, -0.25) is 9.59 Å². The van der Waals surface area contributed by atoms with Gasteiger partial charge < -0.3 is 4.74 Å². The highest BCUT2D eigenvalue weighted by molar-refractivity contribution is 5.91. The van der Waals surface area contributed by atoms with Gasteiger partial charge in [-0.15, -0.1) is 0 Å². The van der Waals surface area contributed by atoms with Gasteiger partial charge in [-0.25, -0.2) is 0 Å². The van der Waals surface area contributed by atoms with Crippen molar-refractivity contribution in [2.75, 3.05) is 0 Å². The number of ketones is 1. The van der Waals surface area contributed by atoms with Gasteiger partial charge in [-0.2, -0.15) is 0 Å². The molecule has 0 N–H and O–H groups in total. The molecular weight excluding hydrogens is 180 g/mol. The summed E-state index contributed by atoms with van der Waals surface area (Å²) in [5.41, 5.74) is -0.759. The number of carbonyl (C=O) groups excluding carboxylic acids is 2. The number of hydrogen-bond acceptors (Lipinski definition) is 3. The molecule has 2 saturated carbocycles. The third kappa shape index (κ3) is 0.677. The Morgan fingerprint density at radius 1 is 1.36 bits per heavy atom. The minimum absolute atomic E-state index is 0.101. The maximum absolute atomic E-state index is 11.8. The molecule has 1 saturated heterocycles. The zero-order chi connectivity index (χ0) is 9.97. The summed E-state index contributed by atoms with van der Waals surface area (Å²) in [6.07, 6.45) is 3.78. The molecule has 0 amide bonds. The summed E-state index contributed by atoms with van der Waals surface area (Å²) >= 11 is 0. The van der Waals surface area contributed by atoms with Crippen LogP contribution in [-0.4, -0.2) is 17.4 Å². The number of hydrogen-bond donors (Lipinski definition) is 0. The van der Waals surface area contributed by atoms with Crippen molar-refractivity contribution >= 4 is 11.8 Å². The minimum Gasteiger partial charge on any atom is -0.458 e. The maximum atomic E-state index is 11.8. The van der Waals surface area contributed by atoms with Gasteiger partial charge in [0.15, 0.2) is 0 Å². The molecule has 3 nitrogen and oxygen atoms in total. The van der Waals surface area contributed by atoms with Crippen LogP contribution in [0.4, 0.5) is 0 Å². The summed E-state index contributed by atoms with van der Waals surface area (Å²) in [6, 6.07) is 0. The smallest absolute Gasteiger partial charge is 0.306 e. The van der Waals surface area contributed by atoms with Crippen molar-refractivity contribution in [1.29, 1.82) is 0 Å². The molecule has 0 aromatic heterocycles. The SMILES string of the molecule is C[C@]12CC[C@@H]3CC(=O)O[C@@]31CCC2=O. The molecule has 3 rings (SSSR count). The van der Waals surface area contributed by atoms with Crippen molar-refractivity contribution in [3.63, 3.8) is 0 Å². The highest BCUT2D eigenvalue weighted by Crippen LogP contribution is 2.63. The van der Waals surface area contributed by atoms with E-state index < -0.39 is 5.60 Å². The summed E-state index contributed by atoms with van der Waals surface area (Å²) in [7, 11) is 0. The van der Waals surface area contributed by atoms with Crippen molar-refractivity contribution in [1.82, 2.24) is 0 Å². The molecule has 2 aliphatic carbocycles. The lowest BCUT2D eigenvalue weighted by Crippen LogP contribution is -2.44. The standard InChI is InChI=1S/C11H14O3/c1-10-4-2-7-6-9(13)14-11(7,10)5-3-8(10)12/h7H,2-6H2,1H3/t7-,10-,11+/m1/s1. The van der Waals surface area contributed by atoms with Gasteiger partial charge >= 0.3 is 5.97 Å². The van der Waals surface area contributed by atoms with Crippen molar-refractivity contribution in [3.05, 3.63) is 0 Å². The molecular formula is C11H14O3. The zero-order valence-electron chi connectivity index (χ0n) is 8.34. The third-order valence-electron chi connectivity index (χ3n) is 4.63. The number of ether oxygens (including phenoxy) is 1. The summed E-state index contributed by atoms with van der Waals surface area (Å²) in [4.78, 5) is 23.1. The number of esters is 1. The van der Waals surface area contributed by atoms with Gasteiger partial charge in [-0.1, -0.05) is 0 Å². The van der Waals surface area contributed by atoms with Gasteiger partial charge in [-0.05, 0) is 26.2 Å². The molecule has 0 bridgehead atoms. The number of carbonyl (C=O) groups is 2. The topological polar surface area (TPSA) is 43.4 Å². The lowest BCUT2D eigenvalue weighted by molar-refractivity contribution is -0.158. The van der Waals surface area contributed by atoms with E-state index in [0.29, 0.717) is 24.5 Å². The summed E-state index contributed by atoms with van der Waals surface area (Å²) in [5.74, 6) is 0.511. The van der Waals surface area contributed by atoms with Crippen LogP contribution in [0, 0.1) is 11.3 Å². The van der Waals surface area contributed by atoms with E-state index in [0.717, 1.165) is 19.3 Å². The van der Waals surface area contributed by atoms with E-state index in [9.17, 15) is 9.59 Å². The van der Waals surface area contributed by atoms with E-state index in [-0.39, 0.29) is 11.4 Å². The molecule has 0 aromatic rings. The van der Waals surface area contributed by atoms with E-state index in [1.54, 1.807) is 0 Å². The first-order chi connectivity index (χ1) is 6.58. The molecule has 3 heteroatoms. The van der Waals surface area contributed by atoms with Gasteiger partial charge in [0.2, 0.25) is 0 Å². The molecule has 0 aromatic carbocycles. The Kier molecular flexibility index (Phi) is 1.33. The van der Waals surface area contributed by atoms with Crippen molar-refractivity contribution in [2.45, 2.75) is 44.6 Å². The lowest BCUT2D eigenvalue weighted by Gasteiger charge is -2.34. The Morgan fingerprint density at radius 3 is 2.93 bits per heavy atom. The molecule has 3 fully saturated rings. The molecule has 1 aliphatic heterocycles. The highest BCUT2D eigenvalue weighted by atomic mass is 16.6. The molecule has 14 heavy (non-hydrogen) atoms. The molecule has 76 valence electrons. The minimum atomic E-state index is -0.402. The van der Waals surface area contributed by atoms with Crippen LogP contribution in [0.1, 0.15) is 39.0 Å². The third-order valence-corrected chi connectivity index (χ3v) is 4.63. The van der Waals surface area contributed by atoms with Crippen LogP contribution < -0.4 is 0 Å². The molecule has 1 heterocycles. The normalized spacial score (nSPS) is 50.5. The Balaban J connectivity index is 2.11. The predicted molar refractivity (Wildman–Crippen MR) is 48.5 cm³/mol. The number of Topliss-reactive ketones (excluding diaryl/α,β-unsaturated/α-hetero) is 1. The van der Waals surface area contributed by atoms with Crippen LogP contribution in [0.5, 0.6) is 0 Å². The first-order valence-corrected chi connectivity index (χ1v) is 5.34. The van der Waals surface area contributed by atoms with Crippen LogP contribution in [0.15, 0.2) is 0 Å². The fourth-order valence-electron chi connectivity index (χ4n) is 3.75. The van der Waals surface area contributed by atoms with E-state index in [4.69, 9.17) is 4.74 Å². The summed E-state index contributed by atoms with van der Waals surface area (Å²) in [6.45, 7) is 1.99. The maximum Gasteiger partial charge on any atom is 0.306 e. The van der Waals surface area contributed by atoms with Crippen LogP contribution >= 0.6 is 0 Å².